The Kier molecular flexibility index (Phi) is 4.47. The van der Waals surface area contributed by atoms with Crippen LogP contribution in [0.4, 0.5) is 4.39 Å². The van der Waals surface area contributed by atoms with E-state index in [0.29, 0.717) is 18.8 Å². The summed E-state index contributed by atoms with van der Waals surface area (Å²) in [6.45, 7) is 2.36. The molecule has 3 fully saturated rings. The van der Waals surface area contributed by atoms with E-state index in [9.17, 15) is 14.0 Å². The molecule has 0 aromatic heterocycles. The Bertz CT molecular complexity index is 711. The van der Waals surface area contributed by atoms with Crippen LogP contribution in [0.3, 0.4) is 0 Å². The van der Waals surface area contributed by atoms with Gasteiger partial charge in [0.25, 0.3) is 5.91 Å². The molecule has 2 aliphatic carbocycles. The van der Waals surface area contributed by atoms with E-state index in [2.05, 4.69) is 12.2 Å². The largest absolute Gasteiger partial charge is 0.353 e. The number of nitrogens with one attached hydrogen (secondary N) is 1. The van der Waals surface area contributed by atoms with Gasteiger partial charge in [-0.2, -0.15) is 0 Å². The highest BCUT2D eigenvalue weighted by molar-refractivity contribution is 5.98. The van der Waals surface area contributed by atoms with E-state index in [1.165, 1.54) is 17.0 Å². The van der Waals surface area contributed by atoms with Crippen LogP contribution in [0.15, 0.2) is 24.3 Å². The smallest absolute Gasteiger partial charge is 0.259 e. The minimum Gasteiger partial charge on any atom is -0.353 e. The van der Waals surface area contributed by atoms with Gasteiger partial charge in [-0.1, -0.05) is 19.1 Å². The molecular weight excluding hydrogens is 335 g/mol. The summed E-state index contributed by atoms with van der Waals surface area (Å²) in [6, 6.07) is 5.46. The van der Waals surface area contributed by atoms with Crippen molar-refractivity contribution in [1.82, 2.24) is 10.2 Å². The van der Waals surface area contributed by atoms with E-state index in [1.54, 1.807) is 12.1 Å². The van der Waals surface area contributed by atoms with Crippen LogP contribution in [0.5, 0.6) is 0 Å². The summed E-state index contributed by atoms with van der Waals surface area (Å²) in [6.07, 6.45) is 5.17. The van der Waals surface area contributed by atoms with Gasteiger partial charge in [0.2, 0.25) is 5.91 Å². The monoisotopic (exact) mass is 360 g/mol. The van der Waals surface area contributed by atoms with Gasteiger partial charge in [0, 0.05) is 6.04 Å². The van der Waals surface area contributed by atoms with Gasteiger partial charge in [0.1, 0.15) is 17.6 Å². The maximum absolute atomic E-state index is 14.3. The first-order valence-electron chi connectivity index (χ1n) is 9.53. The molecule has 1 atom stereocenters. The number of hydrogen-bond donors (Lipinski definition) is 1. The molecule has 2 saturated carbocycles. The molecule has 1 spiro atoms. The van der Waals surface area contributed by atoms with Crippen LogP contribution in [-0.4, -0.2) is 41.1 Å². The molecule has 140 valence electrons. The van der Waals surface area contributed by atoms with E-state index in [1.807, 2.05) is 0 Å². The van der Waals surface area contributed by atoms with E-state index in [-0.39, 0.29) is 24.1 Å². The maximum atomic E-state index is 14.3. The third-order valence-electron chi connectivity index (χ3n) is 5.87. The molecule has 1 aliphatic heterocycles. The lowest BCUT2D eigenvalue weighted by molar-refractivity contribution is -0.128. The molecule has 3 aliphatic rings. The fraction of sp³-hybridized carbons (Fsp3) is 0.600. The van der Waals surface area contributed by atoms with Gasteiger partial charge in [0.05, 0.1) is 12.2 Å². The van der Waals surface area contributed by atoms with Crippen molar-refractivity contribution in [3.05, 3.63) is 35.6 Å². The van der Waals surface area contributed by atoms with E-state index >= 15 is 0 Å². The van der Waals surface area contributed by atoms with Gasteiger partial charge >= 0.3 is 0 Å². The Morgan fingerprint density at radius 2 is 1.88 bits per heavy atom. The van der Waals surface area contributed by atoms with Gasteiger partial charge in [-0.25, -0.2) is 4.39 Å². The zero-order valence-corrected chi connectivity index (χ0v) is 15.0. The number of benzene rings is 1. The van der Waals surface area contributed by atoms with Crippen molar-refractivity contribution in [1.29, 1.82) is 0 Å². The molecule has 0 unspecified atom stereocenters. The molecule has 6 heteroatoms. The van der Waals surface area contributed by atoms with Crippen LogP contribution in [0.2, 0.25) is 0 Å². The third kappa shape index (κ3) is 3.11. The average Bonchev–Trinajstić information content (AvgIpc) is 3.37. The van der Waals surface area contributed by atoms with Gasteiger partial charge < -0.3 is 10.1 Å². The van der Waals surface area contributed by atoms with Crippen LogP contribution >= 0.6 is 0 Å². The Morgan fingerprint density at radius 1 is 1.19 bits per heavy atom. The lowest BCUT2D eigenvalue weighted by Crippen LogP contribution is -2.57. The first-order valence-corrected chi connectivity index (χ1v) is 9.53. The third-order valence-corrected chi connectivity index (χ3v) is 5.87. The Morgan fingerprint density at radius 3 is 2.54 bits per heavy atom. The van der Waals surface area contributed by atoms with Gasteiger partial charge in [-0.3, -0.25) is 14.5 Å². The van der Waals surface area contributed by atoms with Crippen LogP contribution in [0.25, 0.3) is 0 Å². The number of rotatable bonds is 3. The summed E-state index contributed by atoms with van der Waals surface area (Å²) in [7, 11) is 0. The molecule has 1 aromatic carbocycles. The summed E-state index contributed by atoms with van der Waals surface area (Å²) in [5.41, 5.74) is -0.794. The average molecular weight is 360 g/mol. The number of ether oxygens (including phenoxy) is 1. The summed E-state index contributed by atoms with van der Waals surface area (Å²) < 4.78 is 20.4. The number of carbonyl (C=O) groups is 2. The SMILES string of the molecule is CC1CCC2(CC1)OC[C@@H](C(=O)NC1CC1)N2C(=O)c1ccccc1F. The van der Waals surface area contributed by atoms with Crippen molar-refractivity contribution in [3.8, 4) is 0 Å². The molecule has 4 rings (SSSR count). The van der Waals surface area contributed by atoms with Crippen molar-refractivity contribution in [2.24, 2.45) is 5.92 Å². The highest BCUT2D eigenvalue weighted by Gasteiger charge is 2.54. The second-order valence-electron chi connectivity index (χ2n) is 7.89. The molecule has 5 nitrogen and oxygen atoms in total. The number of nitrogens with zero attached hydrogens (tertiary/aromatic N) is 1. The van der Waals surface area contributed by atoms with E-state index < -0.39 is 23.5 Å². The number of amides is 2. The number of hydrogen-bond acceptors (Lipinski definition) is 3. The maximum Gasteiger partial charge on any atom is 0.259 e. The predicted octanol–water partition coefficient (Wildman–Crippen LogP) is 2.85. The predicted molar refractivity (Wildman–Crippen MR) is 93.8 cm³/mol. The molecule has 2 amide bonds. The number of carbonyl (C=O) groups excluding carboxylic acids is 2. The van der Waals surface area contributed by atoms with Crippen molar-refractivity contribution in [2.45, 2.75) is 63.3 Å². The summed E-state index contributed by atoms with van der Waals surface area (Å²) in [5.74, 6) is -0.641. The molecule has 1 aromatic rings. The highest BCUT2D eigenvalue weighted by atomic mass is 19.1. The molecule has 0 radical (unpaired) electrons. The van der Waals surface area contributed by atoms with Gasteiger partial charge in [0.15, 0.2) is 0 Å². The minimum absolute atomic E-state index is 0.000203. The Balaban J connectivity index is 1.66. The lowest BCUT2D eigenvalue weighted by atomic mass is 9.83. The standard InChI is InChI=1S/C20H25FN2O3/c1-13-8-10-20(11-9-13)23(19(25)15-4-2-3-5-16(15)21)17(12-26-20)18(24)22-14-6-7-14/h2-5,13-14,17H,6-12H2,1H3,(H,22,24)/t13?,17-,20?/m0/s1. The Labute approximate surface area is 152 Å². The van der Waals surface area contributed by atoms with Crippen LogP contribution < -0.4 is 5.32 Å². The molecule has 1 heterocycles. The lowest BCUT2D eigenvalue weighted by Gasteiger charge is -2.43. The van der Waals surface area contributed by atoms with Crippen molar-refractivity contribution < 1.29 is 18.7 Å². The van der Waals surface area contributed by atoms with Crippen molar-refractivity contribution in [3.63, 3.8) is 0 Å². The Hall–Kier alpha value is -1.95. The highest BCUT2D eigenvalue weighted by Crippen LogP contribution is 2.43. The molecule has 26 heavy (non-hydrogen) atoms. The summed E-state index contributed by atoms with van der Waals surface area (Å²) in [5, 5.41) is 2.97. The summed E-state index contributed by atoms with van der Waals surface area (Å²) >= 11 is 0. The van der Waals surface area contributed by atoms with E-state index in [0.717, 1.165) is 25.7 Å². The molecular formula is C20H25FN2O3. The fourth-order valence-electron chi connectivity index (χ4n) is 4.07. The fourth-order valence-corrected chi connectivity index (χ4v) is 4.07. The van der Waals surface area contributed by atoms with Crippen molar-refractivity contribution in [2.75, 3.05) is 6.61 Å². The quantitative estimate of drug-likeness (QED) is 0.902. The molecule has 0 bridgehead atoms. The topological polar surface area (TPSA) is 58.6 Å². The first-order chi connectivity index (χ1) is 12.5. The summed E-state index contributed by atoms with van der Waals surface area (Å²) in [4.78, 5) is 27.5. The first kappa shape index (κ1) is 17.5. The normalized spacial score (nSPS) is 31.2. The second-order valence-corrected chi connectivity index (χ2v) is 7.89. The zero-order chi connectivity index (χ0) is 18.3. The minimum atomic E-state index is -0.794. The van der Waals surface area contributed by atoms with E-state index in [4.69, 9.17) is 4.74 Å². The molecule has 1 saturated heterocycles. The van der Waals surface area contributed by atoms with Crippen LogP contribution in [0, 0.1) is 11.7 Å². The molecule has 1 N–H and O–H groups in total. The van der Waals surface area contributed by atoms with Gasteiger partial charge in [-0.15, -0.1) is 0 Å². The second kappa shape index (κ2) is 6.65. The van der Waals surface area contributed by atoms with Gasteiger partial charge in [-0.05, 0) is 56.6 Å². The van der Waals surface area contributed by atoms with Crippen molar-refractivity contribution >= 4 is 11.8 Å². The van der Waals surface area contributed by atoms with Crippen LogP contribution in [0.1, 0.15) is 55.8 Å². The number of halogens is 1. The zero-order valence-electron chi connectivity index (χ0n) is 15.0. The van der Waals surface area contributed by atoms with Crippen LogP contribution in [-0.2, 0) is 9.53 Å².